The fraction of sp³-hybridized carbons (Fsp3) is 0.950. The van der Waals surface area contributed by atoms with Crippen LogP contribution in [0.2, 0.25) is 0 Å². The molecule has 5 nitrogen and oxygen atoms in total. The van der Waals surface area contributed by atoms with E-state index in [-0.39, 0.29) is 25.2 Å². The first-order valence-corrected chi connectivity index (χ1v) is 19.9. The van der Waals surface area contributed by atoms with Crippen molar-refractivity contribution in [2.75, 3.05) is 13.2 Å². The quantitative estimate of drug-likeness (QED) is 0.0546. The van der Waals surface area contributed by atoms with Crippen LogP contribution in [0.4, 0.5) is 0 Å². The van der Waals surface area contributed by atoms with Crippen LogP contribution in [0, 0.1) is 5.92 Å². The first-order valence-electron chi connectivity index (χ1n) is 19.9. The van der Waals surface area contributed by atoms with Crippen LogP contribution in [0.25, 0.3) is 0 Å². The first kappa shape index (κ1) is 43.9. The molecule has 0 unspecified atom stereocenters. The van der Waals surface area contributed by atoms with Crippen LogP contribution >= 0.6 is 0 Å². The third-order valence-electron chi connectivity index (χ3n) is 9.02. The van der Waals surface area contributed by atoms with Gasteiger partial charge in [0, 0.05) is 12.8 Å². The summed E-state index contributed by atoms with van der Waals surface area (Å²) in [5.41, 5.74) is 0. The fourth-order valence-corrected chi connectivity index (χ4v) is 5.98. The first-order chi connectivity index (χ1) is 22.0. The van der Waals surface area contributed by atoms with Crippen molar-refractivity contribution in [3.05, 3.63) is 0 Å². The van der Waals surface area contributed by atoms with E-state index in [9.17, 15) is 14.7 Å². The standard InChI is InChI=1S/C40H78O5/c1-4-5-6-7-8-9-21-24-27-30-33-39(42)44-35-38(41)36-45-40(43)34-31-28-25-22-19-17-15-13-11-10-12-14-16-18-20-23-26-29-32-37(2)3/h37-38,41H,4-36H2,1-3H3/t38-/m0/s1. The molecule has 0 aliphatic carbocycles. The molecule has 0 amide bonds. The molecule has 0 heterocycles. The molecule has 0 radical (unpaired) electrons. The van der Waals surface area contributed by atoms with E-state index in [1.807, 2.05) is 0 Å². The SMILES string of the molecule is CCCCCCCCCCCCC(=O)OC[C@H](O)COC(=O)CCCCCCCCCCCCCCCCCCCCC(C)C. The molecule has 0 rings (SSSR count). The number of aliphatic hydroxyl groups excluding tert-OH is 1. The van der Waals surface area contributed by atoms with Crippen molar-refractivity contribution in [2.45, 2.75) is 226 Å². The second-order valence-electron chi connectivity index (χ2n) is 14.2. The number of aliphatic hydroxyl groups is 1. The molecule has 0 aromatic heterocycles. The topological polar surface area (TPSA) is 72.8 Å². The van der Waals surface area contributed by atoms with E-state index < -0.39 is 6.10 Å². The van der Waals surface area contributed by atoms with Crippen molar-refractivity contribution in [1.82, 2.24) is 0 Å². The third-order valence-corrected chi connectivity index (χ3v) is 9.02. The van der Waals surface area contributed by atoms with E-state index in [0.29, 0.717) is 12.8 Å². The van der Waals surface area contributed by atoms with Gasteiger partial charge in [-0.15, -0.1) is 0 Å². The lowest BCUT2D eigenvalue weighted by molar-refractivity contribution is -0.152. The number of carbonyl (C=O) groups is 2. The number of rotatable bonds is 36. The highest BCUT2D eigenvalue weighted by Crippen LogP contribution is 2.16. The molecule has 0 saturated heterocycles. The van der Waals surface area contributed by atoms with Gasteiger partial charge in [0.1, 0.15) is 19.3 Å². The van der Waals surface area contributed by atoms with Gasteiger partial charge in [0.2, 0.25) is 0 Å². The normalized spacial score (nSPS) is 12.1. The predicted molar refractivity (Wildman–Crippen MR) is 192 cm³/mol. The van der Waals surface area contributed by atoms with Gasteiger partial charge in [0.25, 0.3) is 0 Å². The number of esters is 2. The van der Waals surface area contributed by atoms with Gasteiger partial charge in [-0.05, 0) is 18.8 Å². The monoisotopic (exact) mass is 639 g/mol. The van der Waals surface area contributed by atoms with E-state index in [0.717, 1.165) is 31.6 Å². The smallest absolute Gasteiger partial charge is 0.305 e. The minimum atomic E-state index is -0.954. The van der Waals surface area contributed by atoms with E-state index in [1.54, 1.807) is 0 Å². The zero-order chi connectivity index (χ0) is 33.1. The second kappa shape index (κ2) is 35.7. The van der Waals surface area contributed by atoms with Crippen molar-refractivity contribution in [3.63, 3.8) is 0 Å². The summed E-state index contributed by atoms with van der Waals surface area (Å²) >= 11 is 0. The highest BCUT2D eigenvalue weighted by Gasteiger charge is 2.12. The minimum Gasteiger partial charge on any atom is -0.463 e. The Labute approximate surface area is 280 Å². The summed E-state index contributed by atoms with van der Waals surface area (Å²) in [6, 6.07) is 0. The maximum atomic E-state index is 12.0. The molecular weight excluding hydrogens is 560 g/mol. The van der Waals surface area contributed by atoms with Crippen LogP contribution in [0.5, 0.6) is 0 Å². The number of unbranched alkanes of at least 4 members (excludes halogenated alkanes) is 26. The van der Waals surface area contributed by atoms with E-state index in [4.69, 9.17) is 9.47 Å². The maximum Gasteiger partial charge on any atom is 0.305 e. The molecule has 0 aliphatic heterocycles. The maximum absolute atomic E-state index is 12.0. The van der Waals surface area contributed by atoms with Crippen molar-refractivity contribution >= 4 is 11.9 Å². The van der Waals surface area contributed by atoms with Crippen molar-refractivity contribution < 1.29 is 24.2 Å². The van der Waals surface area contributed by atoms with Crippen molar-refractivity contribution in [1.29, 1.82) is 0 Å². The minimum absolute atomic E-state index is 0.108. The lowest BCUT2D eigenvalue weighted by Gasteiger charge is -2.12. The molecule has 0 saturated carbocycles. The Morgan fingerprint density at radius 3 is 1.00 bits per heavy atom. The van der Waals surface area contributed by atoms with Gasteiger partial charge in [0.15, 0.2) is 0 Å². The zero-order valence-electron chi connectivity index (χ0n) is 30.6. The molecule has 0 aliphatic rings. The summed E-state index contributed by atoms with van der Waals surface area (Å²) < 4.78 is 10.3. The van der Waals surface area contributed by atoms with Crippen LogP contribution in [-0.4, -0.2) is 36.4 Å². The number of ether oxygens (including phenoxy) is 2. The van der Waals surface area contributed by atoms with Crippen LogP contribution < -0.4 is 0 Å². The Morgan fingerprint density at radius 2 is 0.711 bits per heavy atom. The van der Waals surface area contributed by atoms with Gasteiger partial charge in [-0.25, -0.2) is 0 Å². The van der Waals surface area contributed by atoms with E-state index >= 15 is 0 Å². The number of hydrogen-bond acceptors (Lipinski definition) is 5. The van der Waals surface area contributed by atoms with Gasteiger partial charge in [-0.1, -0.05) is 194 Å². The third kappa shape index (κ3) is 37.2. The molecule has 5 heteroatoms. The summed E-state index contributed by atoms with van der Waals surface area (Å²) in [5.74, 6) is 0.311. The molecule has 45 heavy (non-hydrogen) atoms. The largest absolute Gasteiger partial charge is 0.463 e. The Morgan fingerprint density at radius 1 is 0.444 bits per heavy atom. The van der Waals surface area contributed by atoms with Crippen LogP contribution in [0.15, 0.2) is 0 Å². The lowest BCUT2D eigenvalue weighted by atomic mass is 10.0. The van der Waals surface area contributed by atoms with Gasteiger partial charge < -0.3 is 14.6 Å². The Kier molecular flexibility index (Phi) is 34.9. The van der Waals surface area contributed by atoms with Crippen LogP contribution in [0.3, 0.4) is 0 Å². The summed E-state index contributed by atoms with van der Waals surface area (Å²) in [4.78, 5) is 23.9. The predicted octanol–water partition coefficient (Wildman–Crippen LogP) is 12.2. The molecule has 0 fully saturated rings. The summed E-state index contributed by atoms with van der Waals surface area (Å²) in [6.45, 7) is 6.68. The molecule has 0 aromatic carbocycles. The Bertz CT molecular complexity index is 620. The number of hydrogen-bond donors (Lipinski definition) is 1. The molecular formula is C40H78O5. The van der Waals surface area contributed by atoms with Crippen molar-refractivity contribution in [2.24, 2.45) is 5.92 Å². The summed E-state index contributed by atoms with van der Waals surface area (Å²) in [5, 5.41) is 9.98. The highest BCUT2D eigenvalue weighted by molar-refractivity contribution is 5.69. The molecule has 0 aromatic rings. The van der Waals surface area contributed by atoms with Gasteiger partial charge in [0.05, 0.1) is 0 Å². The molecule has 1 N–H and O–H groups in total. The van der Waals surface area contributed by atoms with Gasteiger partial charge in [-0.2, -0.15) is 0 Å². The Hall–Kier alpha value is -1.10. The van der Waals surface area contributed by atoms with E-state index in [1.165, 1.54) is 161 Å². The molecule has 268 valence electrons. The van der Waals surface area contributed by atoms with Gasteiger partial charge in [-0.3, -0.25) is 9.59 Å². The van der Waals surface area contributed by atoms with Crippen molar-refractivity contribution in [3.8, 4) is 0 Å². The zero-order valence-corrected chi connectivity index (χ0v) is 30.6. The highest BCUT2D eigenvalue weighted by atomic mass is 16.6. The number of carbonyl (C=O) groups excluding carboxylic acids is 2. The second-order valence-corrected chi connectivity index (χ2v) is 14.2. The molecule has 1 atom stereocenters. The molecule has 0 spiro atoms. The average Bonchev–Trinajstić information content (AvgIpc) is 3.02. The van der Waals surface area contributed by atoms with E-state index in [2.05, 4.69) is 20.8 Å². The fourth-order valence-electron chi connectivity index (χ4n) is 5.98. The van der Waals surface area contributed by atoms with Crippen LogP contribution in [0.1, 0.15) is 220 Å². The lowest BCUT2D eigenvalue weighted by Crippen LogP contribution is -2.25. The Balaban J connectivity index is 3.34. The van der Waals surface area contributed by atoms with Gasteiger partial charge >= 0.3 is 11.9 Å². The summed E-state index contributed by atoms with van der Waals surface area (Å²) in [7, 11) is 0. The molecule has 0 bridgehead atoms. The summed E-state index contributed by atoms with van der Waals surface area (Å²) in [6.07, 6.45) is 37.4. The van der Waals surface area contributed by atoms with Crippen LogP contribution in [-0.2, 0) is 19.1 Å². The average molecular weight is 639 g/mol.